The zero-order chi connectivity index (χ0) is 12.3. The molecule has 0 aliphatic heterocycles. The van der Waals surface area contributed by atoms with Crippen molar-refractivity contribution in [1.82, 2.24) is 0 Å². The van der Waals surface area contributed by atoms with Crippen LogP contribution in [0.5, 0.6) is 0 Å². The monoisotopic (exact) mass is 240 g/mol. The Morgan fingerprint density at radius 3 is 2.24 bits per heavy atom. The van der Waals surface area contributed by atoms with E-state index in [1.807, 2.05) is 30.3 Å². The van der Waals surface area contributed by atoms with Gasteiger partial charge in [-0.3, -0.25) is 0 Å². The van der Waals surface area contributed by atoms with Crippen LogP contribution in [0.2, 0.25) is 0 Å². The van der Waals surface area contributed by atoms with E-state index < -0.39 is 0 Å². The summed E-state index contributed by atoms with van der Waals surface area (Å²) in [5, 5.41) is 17.6. The van der Waals surface area contributed by atoms with Gasteiger partial charge in [0, 0.05) is 5.92 Å². The third kappa shape index (κ3) is 6.38. The van der Waals surface area contributed by atoms with Gasteiger partial charge < -0.3 is 19.7 Å². The maximum Gasteiger partial charge on any atom is 0.0718 e. The van der Waals surface area contributed by atoms with Crippen LogP contribution in [0, 0.1) is 5.92 Å². The maximum atomic E-state index is 8.81. The van der Waals surface area contributed by atoms with Crippen LogP contribution in [0.15, 0.2) is 30.3 Å². The molecule has 4 nitrogen and oxygen atoms in total. The molecule has 0 saturated carbocycles. The molecule has 1 aromatic rings. The van der Waals surface area contributed by atoms with Gasteiger partial charge in [0.2, 0.25) is 0 Å². The van der Waals surface area contributed by atoms with Crippen molar-refractivity contribution in [1.29, 1.82) is 0 Å². The van der Waals surface area contributed by atoms with E-state index in [1.54, 1.807) is 0 Å². The first-order valence-electron chi connectivity index (χ1n) is 5.78. The van der Waals surface area contributed by atoms with E-state index in [9.17, 15) is 0 Å². The highest BCUT2D eigenvalue weighted by atomic mass is 16.5. The lowest BCUT2D eigenvalue weighted by Crippen LogP contribution is -2.19. The van der Waals surface area contributed by atoms with Crippen molar-refractivity contribution in [2.45, 2.75) is 6.61 Å². The zero-order valence-electron chi connectivity index (χ0n) is 9.92. The molecule has 17 heavy (non-hydrogen) atoms. The van der Waals surface area contributed by atoms with Gasteiger partial charge >= 0.3 is 0 Å². The molecule has 0 atom stereocenters. The number of hydrogen-bond donors (Lipinski definition) is 2. The second kappa shape index (κ2) is 9.13. The van der Waals surface area contributed by atoms with Gasteiger partial charge in [-0.25, -0.2) is 0 Å². The fourth-order valence-electron chi connectivity index (χ4n) is 1.30. The van der Waals surface area contributed by atoms with Gasteiger partial charge in [0.25, 0.3) is 0 Å². The molecule has 4 heteroatoms. The second-order valence-electron chi connectivity index (χ2n) is 3.84. The Hall–Kier alpha value is -0.940. The van der Waals surface area contributed by atoms with E-state index in [0.29, 0.717) is 26.4 Å². The van der Waals surface area contributed by atoms with E-state index in [0.717, 1.165) is 5.56 Å². The average Bonchev–Trinajstić information content (AvgIpc) is 2.39. The number of hydrogen-bond acceptors (Lipinski definition) is 4. The van der Waals surface area contributed by atoms with Crippen LogP contribution in [0.4, 0.5) is 0 Å². The van der Waals surface area contributed by atoms with Crippen LogP contribution in [0.1, 0.15) is 5.56 Å². The molecule has 0 unspecified atom stereocenters. The molecular formula is C13H20O4. The molecule has 0 bridgehead atoms. The minimum atomic E-state index is -0.191. The maximum absolute atomic E-state index is 8.81. The van der Waals surface area contributed by atoms with Gasteiger partial charge in [-0.05, 0) is 5.56 Å². The highest BCUT2D eigenvalue weighted by Crippen LogP contribution is 2.00. The molecule has 0 amide bonds. The molecule has 0 aliphatic rings. The molecule has 0 heterocycles. The SMILES string of the molecule is OCC(CO)COCCOCc1ccccc1. The van der Waals surface area contributed by atoms with Crippen LogP contribution in [-0.2, 0) is 16.1 Å². The molecule has 0 spiro atoms. The Morgan fingerprint density at radius 1 is 0.941 bits per heavy atom. The van der Waals surface area contributed by atoms with Gasteiger partial charge in [0.05, 0.1) is 39.6 Å². The fourth-order valence-corrected chi connectivity index (χ4v) is 1.30. The molecule has 0 aliphatic carbocycles. The Kier molecular flexibility index (Phi) is 7.58. The van der Waals surface area contributed by atoms with Gasteiger partial charge in [-0.15, -0.1) is 0 Å². The summed E-state index contributed by atoms with van der Waals surface area (Å²) in [6, 6.07) is 9.93. The molecule has 0 fully saturated rings. The fraction of sp³-hybridized carbons (Fsp3) is 0.538. The van der Waals surface area contributed by atoms with Gasteiger partial charge in [-0.1, -0.05) is 30.3 Å². The summed E-state index contributed by atoms with van der Waals surface area (Å²) in [5.74, 6) is -0.191. The van der Waals surface area contributed by atoms with Crippen molar-refractivity contribution in [3.63, 3.8) is 0 Å². The normalized spacial score (nSPS) is 11.0. The molecule has 0 aromatic heterocycles. The van der Waals surface area contributed by atoms with Gasteiger partial charge in [-0.2, -0.15) is 0 Å². The molecule has 0 radical (unpaired) electrons. The van der Waals surface area contributed by atoms with Crippen molar-refractivity contribution in [2.24, 2.45) is 5.92 Å². The molecular weight excluding hydrogens is 220 g/mol. The van der Waals surface area contributed by atoms with Crippen molar-refractivity contribution < 1.29 is 19.7 Å². The lowest BCUT2D eigenvalue weighted by atomic mass is 10.2. The third-order valence-corrected chi connectivity index (χ3v) is 2.35. The van der Waals surface area contributed by atoms with Crippen LogP contribution < -0.4 is 0 Å². The number of rotatable bonds is 9. The summed E-state index contributed by atoms with van der Waals surface area (Å²) < 4.78 is 10.7. The van der Waals surface area contributed by atoms with Crippen molar-refractivity contribution in [3.05, 3.63) is 35.9 Å². The van der Waals surface area contributed by atoms with Crippen LogP contribution in [0.3, 0.4) is 0 Å². The lowest BCUT2D eigenvalue weighted by Gasteiger charge is -2.11. The molecule has 1 rings (SSSR count). The van der Waals surface area contributed by atoms with E-state index in [4.69, 9.17) is 19.7 Å². The Balaban J connectivity index is 1.98. The van der Waals surface area contributed by atoms with Crippen LogP contribution in [0.25, 0.3) is 0 Å². The standard InChI is InChI=1S/C13H20O4/c14-8-13(9-15)11-17-7-6-16-10-12-4-2-1-3-5-12/h1-5,13-15H,6-11H2. The van der Waals surface area contributed by atoms with Gasteiger partial charge in [0.1, 0.15) is 0 Å². The summed E-state index contributed by atoms with van der Waals surface area (Å²) in [7, 11) is 0. The Labute approximate surface area is 102 Å². The first-order valence-corrected chi connectivity index (χ1v) is 5.78. The topological polar surface area (TPSA) is 58.9 Å². The van der Waals surface area contributed by atoms with E-state index >= 15 is 0 Å². The minimum absolute atomic E-state index is 0.0542. The summed E-state index contributed by atoms with van der Waals surface area (Å²) in [6.07, 6.45) is 0. The minimum Gasteiger partial charge on any atom is -0.396 e. The largest absolute Gasteiger partial charge is 0.396 e. The predicted octanol–water partition coefficient (Wildman–Crippen LogP) is 0.821. The number of aliphatic hydroxyl groups is 2. The lowest BCUT2D eigenvalue weighted by molar-refractivity contribution is 0.00669. The van der Waals surface area contributed by atoms with Crippen molar-refractivity contribution >= 4 is 0 Å². The highest BCUT2D eigenvalue weighted by molar-refractivity contribution is 5.13. The average molecular weight is 240 g/mol. The summed E-state index contributed by atoms with van der Waals surface area (Å²) >= 11 is 0. The Morgan fingerprint density at radius 2 is 1.59 bits per heavy atom. The van der Waals surface area contributed by atoms with E-state index in [2.05, 4.69) is 0 Å². The van der Waals surface area contributed by atoms with Crippen molar-refractivity contribution in [3.8, 4) is 0 Å². The zero-order valence-corrected chi connectivity index (χ0v) is 9.92. The first kappa shape index (κ1) is 14.1. The number of benzene rings is 1. The predicted molar refractivity (Wildman–Crippen MR) is 64.6 cm³/mol. The Bertz CT molecular complexity index is 272. The summed E-state index contributed by atoms with van der Waals surface area (Å²) in [5.41, 5.74) is 1.14. The van der Waals surface area contributed by atoms with Crippen LogP contribution >= 0.6 is 0 Å². The molecule has 1 aromatic carbocycles. The summed E-state index contributed by atoms with van der Waals surface area (Å²) in [4.78, 5) is 0. The van der Waals surface area contributed by atoms with Crippen molar-refractivity contribution in [2.75, 3.05) is 33.0 Å². The smallest absolute Gasteiger partial charge is 0.0718 e. The van der Waals surface area contributed by atoms with Crippen LogP contribution in [-0.4, -0.2) is 43.2 Å². The number of ether oxygens (including phenoxy) is 2. The van der Waals surface area contributed by atoms with Gasteiger partial charge in [0.15, 0.2) is 0 Å². The second-order valence-corrected chi connectivity index (χ2v) is 3.84. The molecule has 96 valence electrons. The summed E-state index contributed by atoms with van der Waals surface area (Å²) in [6.45, 7) is 1.82. The molecule has 2 N–H and O–H groups in total. The van der Waals surface area contributed by atoms with E-state index in [1.165, 1.54) is 0 Å². The third-order valence-electron chi connectivity index (χ3n) is 2.35. The van der Waals surface area contributed by atoms with E-state index in [-0.39, 0.29) is 19.1 Å². The number of aliphatic hydroxyl groups excluding tert-OH is 2. The quantitative estimate of drug-likeness (QED) is 0.627. The molecule has 0 saturated heterocycles. The first-order chi connectivity index (χ1) is 8.36. The highest BCUT2D eigenvalue weighted by Gasteiger charge is 2.04.